The van der Waals surface area contributed by atoms with Gasteiger partial charge in [-0.1, -0.05) is 0 Å². The molecule has 4 bridgehead atoms. The van der Waals surface area contributed by atoms with E-state index in [2.05, 4.69) is 26.0 Å². The number of nitrogen functional groups attached to an aromatic ring is 1. The maximum absolute atomic E-state index is 13.2. The molecule has 5 rings (SSSR count). The number of hydrazine groups is 1. The molecule has 13 heteroatoms. The van der Waals surface area contributed by atoms with Gasteiger partial charge in [0.15, 0.2) is 17.2 Å². The van der Waals surface area contributed by atoms with Gasteiger partial charge in [-0.25, -0.2) is 15.3 Å². The number of anilines is 5. The highest BCUT2D eigenvalue weighted by Crippen LogP contribution is 2.38. The monoisotopic (exact) mass is 457 g/mol. The Morgan fingerprint density at radius 1 is 1.32 bits per heavy atom. The van der Waals surface area contributed by atoms with Crippen molar-refractivity contribution in [1.29, 1.82) is 0 Å². The number of hydrogen-bond donors (Lipinski definition) is 5. The number of nitrogens with zero attached hydrogens (tertiary/aromatic N) is 4. The van der Waals surface area contributed by atoms with Crippen molar-refractivity contribution >= 4 is 55.8 Å². The molecule has 1 aromatic carbocycles. The first-order chi connectivity index (χ1) is 16.2. The van der Waals surface area contributed by atoms with E-state index in [1.54, 1.807) is 32.3 Å². The van der Waals surface area contributed by atoms with Crippen molar-refractivity contribution in [1.82, 2.24) is 19.9 Å². The zero-order chi connectivity index (χ0) is 24.2. The van der Waals surface area contributed by atoms with Crippen LogP contribution in [-0.2, 0) is 10.1 Å². The van der Waals surface area contributed by atoms with Crippen LogP contribution in [0.15, 0.2) is 24.4 Å². The molecule has 1 amide bonds. The zero-order valence-electron chi connectivity index (χ0n) is 19.0. The number of imidazole rings is 1. The lowest BCUT2D eigenvalue weighted by molar-refractivity contribution is -0.00596. The van der Waals surface area contributed by atoms with Crippen molar-refractivity contribution in [3.05, 3.63) is 35.7 Å². The van der Waals surface area contributed by atoms with Gasteiger partial charge in [-0.2, -0.15) is 0 Å². The predicted octanol–water partition coefficient (Wildman–Crippen LogP) is 0.535. The van der Waals surface area contributed by atoms with Gasteiger partial charge in [0.2, 0.25) is 0 Å². The molecular weight excluding hydrogens is 432 g/mol. The van der Waals surface area contributed by atoms with Crippen LogP contribution in [0.1, 0.15) is 35.3 Å². The van der Waals surface area contributed by atoms with Gasteiger partial charge in [-0.3, -0.25) is 4.79 Å². The van der Waals surface area contributed by atoms with E-state index >= 15 is 0 Å². The minimum atomic E-state index is -1.66. The molecule has 7 N–H and O–H groups in total. The summed E-state index contributed by atoms with van der Waals surface area (Å²) >= 11 is 0. The zero-order valence-corrected chi connectivity index (χ0v) is 19.0. The second-order valence-corrected chi connectivity index (χ2v) is 8.73. The highest BCUT2D eigenvalue weighted by molar-refractivity contribution is 6.39. The topological polar surface area (TPSA) is 148 Å². The van der Waals surface area contributed by atoms with Crippen molar-refractivity contribution in [3.63, 3.8) is 0 Å². The number of rotatable bonds is 2. The summed E-state index contributed by atoms with van der Waals surface area (Å²) in [6, 6.07) is 4.87. The molecule has 4 radical (unpaired) electrons. The molecule has 0 spiro atoms. The van der Waals surface area contributed by atoms with E-state index in [-0.39, 0.29) is 23.7 Å². The third-order valence-corrected chi connectivity index (χ3v) is 6.29. The molecule has 11 nitrogen and oxygen atoms in total. The van der Waals surface area contributed by atoms with Crippen LogP contribution in [-0.4, -0.2) is 62.4 Å². The molecule has 3 aromatic rings. The minimum absolute atomic E-state index is 0.274. The van der Waals surface area contributed by atoms with Gasteiger partial charge in [0.05, 0.1) is 41.1 Å². The molecule has 1 saturated carbocycles. The Kier molecular flexibility index (Phi) is 5.33. The van der Waals surface area contributed by atoms with Gasteiger partial charge in [0.1, 0.15) is 15.7 Å². The predicted molar refractivity (Wildman–Crippen MR) is 132 cm³/mol. The Morgan fingerprint density at radius 2 is 2.12 bits per heavy atom. The number of nitrogens with two attached hydrogens (primary N) is 2. The third kappa shape index (κ3) is 3.70. The van der Waals surface area contributed by atoms with Crippen LogP contribution in [0.25, 0.3) is 5.65 Å². The number of carbonyl (C=O) groups is 1. The van der Waals surface area contributed by atoms with E-state index in [0.29, 0.717) is 46.2 Å². The highest BCUT2D eigenvalue weighted by atomic mass is 16.5. The van der Waals surface area contributed by atoms with Gasteiger partial charge in [-0.05, 0) is 37.0 Å². The van der Waals surface area contributed by atoms with Crippen molar-refractivity contribution in [2.75, 3.05) is 35.5 Å². The van der Waals surface area contributed by atoms with Crippen molar-refractivity contribution in [3.8, 4) is 0 Å². The van der Waals surface area contributed by atoms with E-state index in [0.717, 1.165) is 12.8 Å². The molecule has 34 heavy (non-hydrogen) atoms. The van der Waals surface area contributed by atoms with E-state index < -0.39 is 5.40 Å². The number of ether oxygens (including phenoxy) is 1. The van der Waals surface area contributed by atoms with Gasteiger partial charge in [0.25, 0.3) is 5.91 Å². The van der Waals surface area contributed by atoms with Gasteiger partial charge < -0.3 is 31.4 Å². The largest absolute Gasteiger partial charge is 0.397 e. The maximum Gasteiger partial charge on any atom is 0.271 e. The van der Waals surface area contributed by atoms with Crippen LogP contribution in [0.3, 0.4) is 0 Å². The molecule has 172 valence electrons. The average molecular weight is 457 g/mol. The van der Waals surface area contributed by atoms with E-state index in [4.69, 9.17) is 32.0 Å². The Hall–Kier alpha value is -3.44. The molecule has 1 aliphatic heterocycles. The molecule has 1 aliphatic carbocycles. The smallest absolute Gasteiger partial charge is 0.271 e. The third-order valence-electron chi connectivity index (χ3n) is 6.29. The molecular formula is C21H25B2N9O2. The van der Waals surface area contributed by atoms with Crippen LogP contribution in [0, 0.1) is 0 Å². The molecule has 2 aromatic heterocycles. The summed E-state index contributed by atoms with van der Waals surface area (Å²) in [6.45, 7) is 0. The number of amides is 1. The lowest BCUT2D eigenvalue weighted by atomic mass is 9.60. The highest BCUT2D eigenvalue weighted by Gasteiger charge is 2.36. The SMILES string of the molecule is [B]C1([B])OC2CCCC2NC(=O)c2cnc3c(NC)cc(nn23)Nc2cc1cc(N)c2N(C)N. The van der Waals surface area contributed by atoms with Crippen LogP contribution in [0.5, 0.6) is 0 Å². The van der Waals surface area contributed by atoms with Crippen molar-refractivity contribution in [2.24, 2.45) is 5.84 Å². The van der Waals surface area contributed by atoms with E-state index in [1.165, 1.54) is 15.7 Å². The van der Waals surface area contributed by atoms with E-state index in [1.807, 2.05) is 0 Å². The fourth-order valence-corrected chi connectivity index (χ4v) is 4.67. The number of aromatic nitrogens is 3. The van der Waals surface area contributed by atoms with Crippen LogP contribution in [0.4, 0.5) is 28.6 Å². The van der Waals surface area contributed by atoms with Crippen LogP contribution >= 0.6 is 0 Å². The number of carbonyl (C=O) groups excluding carboxylic acids is 1. The lowest BCUT2D eigenvalue weighted by Crippen LogP contribution is -2.46. The summed E-state index contributed by atoms with van der Waals surface area (Å²) < 4.78 is 7.65. The number of nitrogens with one attached hydrogen (secondary N) is 3. The first-order valence-electron chi connectivity index (χ1n) is 11.0. The maximum atomic E-state index is 13.2. The summed E-state index contributed by atoms with van der Waals surface area (Å²) in [5.74, 6) is 6.18. The molecule has 2 unspecified atom stereocenters. The van der Waals surface area contributed by atoms with Gasteiger partial charge in [-0.15, -0.1) is 5.10 Å². The fraction of sp³-hybridized carbons (Fsp3) is 0.381. The van der Waals surface area contributed by atoms with Gasteiger partial charge >= 0.3 is 0 Å². The van der Waals surface area contributed by atoms with Crippen molar-refractivity contribution < 1.29 is 9.53 Å². The van der Waals surface area contributed by atoms with E-state index in [9.17, 15) is 4.79 Å². The van der Waals surface area contributed by atoms with Crippen LogP contribution in [0.2, 0.25) is 0 Å². The molecule has 2 atom stereocenters. The molecule has 3 heterocycles. The van der Waals surface area contributed by atoms with Crippen LogP contribution < -0.4 is 32.5 Å². The molecule has 0 saturated heterocycles. The Labute approximate surface area is 199 Å². The second-order valence-electron chi connectivity index (χ2n) is 8.73. The summed E-state index contributed by atoms with van der Waals surface area (Å²) in [5.41, 5.74) is 9.67. The first-order valence-corrected chi connectivity index (χ1v) is 11.0. The fourth-order valence-electron chi connectivity index (χ4n) is 4.67. The quantitative estimate of drug-likeness (QED) is 0.161. The molecule has 1 fully saturated rings. The summed E-state index contributed by atoms with van der Waals surface area (Å²) in [7, 11) is 16.3. The summed E-state index contributed by atoms with van der Waals surface area (Å²) in [6.07, 6.45) is 3.40. The lowest BCUT2D eigenvalue weighted by Gasteiger charge is -2.35. The number of benzene rings is 1. The Balaban J connectivity index is 1.75. The summed E-state index contributed by atoms with van der Waals surface area (Å²) in [5, 5.41) is 13.7. The minimum Gasteiger partial charge on any atom is -0.397 e. The number of hydrogen-bond acceptors (Lipinski definition) is 9. The molecule has 2 aliphatic rings. The normalized spacial score (nSPS) is 21.4. The standard InChI is InChI=1S/C21H25B2N9O2/c1-26-14-8-17-28-13-7-10(6-11(24)18(13)31(2)25)21(22,23)34-16-5-3-4-12(16)29-20(33)15-9-27-19(14)32(15)30-17/h6-9,12,16,26H,3-5,24-25H2,1-2H3,(H,28,30)(H,29,33). The average Bonchev–Trinajstić information content (AvgIpc) is 3.38. The van der Waals surface area contributed by atoms with Crippen molar-refractivity contribution in [2.45, 2.75) is 36.8 Å². The summed E-state index contributed by atoms with van der Waals surface area (Å²) in [4.78, 5) is 17.6. The van der Waals surface area contributed by atoms with Gasteiger partial charge in [0, 0.05) is 25.6 Å². The first kappa shape index (κ1) is 22.4. The number of fused-ring (bicyclic) bond motifs is 4. The Morgan fingerprint density at radius 3 is 2.85 bits per heavy atom. The second kappa shape index (κ2) is 8.10. The Bertz CT molecular complexity index is 1280.